The fourth-order valence-electron chi connectivity index (χ4n) is 3.01. The Morgan fingerprint density at radius 3 is 2.21 bits per heavy atom. The Hall–Kier alpha value is -3.48. The fraction of sp³-hybridized carbons (Fsp3) is 0.227. The van der Waals surface area contributed by atoms with Gasteiger partial charge in [-0.2, -0.15) is 0 Å². The van der Waals surface area contributed by atoms with Crippen LogP contribution in [0.3, 0.4) is 0 Å². The highest BCUT2D eigenvalue weighted by atomic mass is 19.1. The van der Waals surface area contributed by atoms with Gasteiger partial charge in [0.1, 0.15) is 11.6 Å². The largest absolute Gasteiger partial charge is 0.493 e. The molecule has 6 nitrogen and oxygen atoms in total. The van der Waals surface area contributed by atoms with Crippen LogP contribution < -0.4 is 14.2 Å². The zero-order chi connectivity index (χ0) is 20.8. The number of ether oxygens (including phenoxy) is 3. The van der Waals surface area contributed by atoms with Gasteiger partial charge in [0, 0.05) is 17.7 Å². The number of carbonyl (C=O) groups is 1. The summed E-state index contributed by atoms with van der Waals surface area (Å²) in [7, 11) is 4.44. The van der Waals surface area contributed by atoms with Crippen molar-refractivity contribution >= 4 is 5.91 Å². The molecule has 0 saturated carbocycles. The van der Waals surface area contributed by atoms with E-state index in [0.29, 0.717) is 34.1 Å². The van der Waals surface area contributed by atoms with Gasteiger partial charge in [-0.1, -0.05) is 18.2 Å². The van der Waals surface area contributed by atoms with Crippen molar-refractivity contribution in [1.29, 1.82) is 0 Å². The van der Waals surface area contributed by atoms with Gasteiger partial charge in [0.25, 0.3) is 5.91 Å². The predicted octanol–water partition coefficient (Wildman–Crippen LogP) is 4.29. The molecule has 1 amide bonds. The van der Waals surface area contributed by atoms with Gasteiger partial charge in [0.05, 0.1) is 34.1 Å². The van der Waals surface area contributed by atoms with E-state index < -0.39 is 0 Å². The van der Waals surface area contributed by atoms with E-state index in [9.17, 15) is 9.18 Å². The number of furan rings is 1. The molecule has 0 saturated heterocycles. The molecule has 0 fully saturated rings. The maximum Gasteiger partial charge on any atom is 0.254 e. The fourth-order valence-corrected chi connectivity index (χ4v) is 3.01. The molecule has 3 aromatic rings. The average molecular weight is 399 g/mol. The second kappa shape index (κ2) is 9.14. The number of rotatable bonds is 8. The van der Waals surface area contributed by atoms with Gasteiger partial charge in [0.2, 0.25) is 5.75 Å². The monoisotopic (exact) mass is 399 g/mol. The number of hydrogen-bond acceptors (Lipinski definition) is 5. The molecule has 1 heterocycles. The Labute approximate surface area is 168 Å². The van der Waals surface area contributed by atoms with Crippen molar-refractivity contribution in [2.75, 3.05) is 21.3 Å². The van der Waals surface area contributed by atoms with Crippen LogP contribution in [0.25, 0.3) is 0 Å². The van der Waals surface area contributed by atoms with Crippen LogP contribution in [-0.2, 0) is 13.1 Å². The minimum atomic E-state index is -0.380. The van der Waals surface area contributed by atoms with Crippen LogP contribution in [0.4, 0.5) is 4.39 Å². The first-order chi connectivity index (χ1) is 14.1. The summed E-state index contributed by atoms with van der Waals surface area (Å²) in [6, 6.07) is 13.0. The number of hydrogen-bond donors (Lipinski definition) is 0. The van der Waals surface area contributed by atoms with Crippen LogP contribution >= 0.6 is 0 Å². The molecule has 0 N–H and O–H groups in total. The third-order valence-electron chi connectivity index (χ3n) is 4.44. The Balaban J connectivity index is 1.98. The molecule has 0 aliphatic carbocycles. The SMILES string of the molecule is COc1cc(C(=O)N(Cc2ccco2)Cc2ccccc2F)cc(OC)c1OC. The molecule has 0 spiro atoms. The van der Waals surface area contributed by atoms with Crippen molar-refractivity contribution in [2.45, 2.75) is 13.1 Å². The summed E-state index contributed by atoms with van der Waals surface area (Å²) >= 11 is 0. The lowest BCUT2D eigenvalue weighted by Crippen LogP contribution is -2.30. The van der Waals surface area contributed by atoms with Crippen LogP contribution in [-0.4, -0.2) is 32.1 Å². The number of methoxy groups -OCH3 is 3. The summed E-state index contributed by atoms with van der Waals surface area (Å²) in [6.07, 6.45) is 1.53. The molecule has 29 heavy (non-hydrogen) atoms. The molecule has 0 aliphatic heterocycles. The quantitative estimate of drug-likeness (QED) is 0.566. The lowest BCUT2D eigenvalue weighted by Gasteiger charge is -2.23. The lowest BCUT2D eigenvalue weighted by molar-refractivity contribution is 0.0715. The minimum absolute atomic E-state index is 0.0723. The standard InChI is InChI=1S/C22H22FNO5/c1-26-19-11-16(12-20(27-2)21(19)28-3)22(25)24(14-17-8-6-10-29-17)13-15-7-4-5-9-18(15)23/h4-12H,13-14H2,1-3H3. The lowest BCUT2D eigenvalue weighted by atomic mass is 10.1. The smallest absolute Gasteiger partial charge is 0.254 e. The molecular weight excluding hydrogens is 377 g/mol. The van der Waals surface area contributed by atoms with E-state index >= 15 is 0 Å². The molecule has 0 aliphatic rings. The summed E-state index contributed by atoms with van der Waals surface area (Å²) in [5, 5.41) is 0. The topological polar surface area (TPSA) is 61.1 Å². The second-order valence-corrected chi connectivity index (χ2v) is 6.25. The summed E-state index contributed by atoms with van der Waals surface area (Å²) in [5.74, 6) is 0.983. The molecule has 0 radical (unpaired) electrons. The minimum Gasteiger partial charge on any atom is -0.493 e. The maximum absolute atomic E-state index is 14.2. The van der Waals surface area contributed by atoms with Crippen LogP contribution in [0.5, 0.6) is 17.2 Å². The summed E-state index contributed by atoms with van der Waals surface area (Å²) in [6.45, 7) is 0.250. The summed E-state index contributed by atoms with van der Waals surface area (Å²) in [4.78, 5) is 14.8. The van der Waals surface area contributed by atoms with E-state index in [4.69, 9.17) is 18.6 Å². The van der Waals surface area contributed by atoms with Crippen LogP contribution in [0, 0.1) is 5.82 Å². The van der Waals surface area contributed by atoms with E-state index in [-0.39, 0.29) is 24.8 Å². The van der Waals surface area contributed by atoms with Crippen molar-refractivity contribution < 1.29 is 27.8 Å². The normalized spacial score (nSPS) is 10.5. The van der Waals surface area contributed by atoms with Crippen molar-refractivity contribution in [3.8, 4) is 17.2 Å². The Bertz CT molecular complexity index is 946. The van der Waals surface area contributed by atoms with Gasteiger partial charge < -0.3 is 23.5 Å². The first-order valence-electron chi connectivity index (χ1n) is 8.92. The average Bonchev–Trinajstić information content (AvgIpc) is 3.26. The van der Waals surface area contributed by atoms with Gasteiger partial charge in [-0.3, -0.25) is 4.79 Å². The highest BCUT2D eigenvalue weighted by Crippen LogP contribution is 2.38. The number of halogens is 1. The third-order valence-corrected chi connectivity index (χ3v) is 4.44. The molecule has 1 aromatic heterocycles. The highest BCUT2D eigenvalue weighted by Gasteiger charge is 2.23. The number of nitrogens with zero attached hydrogens (tertiary/aromatic N) is 1. The highest BCUT2D eigenvalue weighted by molar-refractivity contribution is 5.95. The third kappa shape index (κ3) is 4.51. The number of benzene rings is 2. The van der Waals surface area contributed by atoms with Crippen LogP contribution in [0.15, 0.2) is 59.2 Å². The van der Waals surface area contributed by atoms with Gasteiger partial charge >= 0.3 is 0 Å². The van der Waals surface area contributed by atoms with Crippen molar-refractivity contribution in [3.63, 3.8) is 0 Å². The van der Waals surface area contributed by atoms with Gasteiger partial charge in [0.15, 0.2) is 11.5 Å². The van der Waals surface area contributed by atoms with Crippen molar-refractivity contribution in [2.24, 2.45) is 0 Å². The molecule has 0 unspecified atom stereocenters. The molecule has 7 heteroatoms. The molecular formula is C22H22FNO5. The molecule has 152 valence electrons. The van der Waals surface area contributed by atoms with Crippen LogP contribution in [0.2, 0.25) is 0 Å². The molecule has 0 atom stereocenters. The van der Waals surface area contributed by atoms with Gasteiger partial charge in [-0.25, -0.2) is 4.39 Å². The predicted molar refractivity (Wildman–Crippen MR) is 105 cm³/mol. The number of amides is 1. The molecule has 2 aromatic carbocycles. The molecule has 3 rings (SSSR count). The Kier molecular flexibility index (Phi) is 6.39. The summed E-state index contributed by atoms with van der Waals surface area (Å²) in [5.41, 5.74) is 0.724. The van der Waals surface area contributed by atoms with Crippen molar-refractivity contribution in [1.82, 2.24) is 4.90 Å². The van der Waals surface area contributed by atoms with E-state index in [2.05, 4.69) is 0 Å². The van der Waals surface area contributed by atoms with E-state index in [1.165, 1.54) is 38.6 Å². The first kappa shape index (κ1) is 20.3. The van der Waals surface area contributed by atoms with Gasteiger partial charge in [-0.15, -0.1) is 0 Å². The zero-order valence-corrected chi connectivity index (χ0v) is 16.5. The Morgan fingerprint density at radius 1 is 0.966 bits per heavy atom. The van der Waals surface area contributed by atoms with E-state index in [1.54, 1.807) is 42.5 Å². The zero-order valence-electron chi connectivity index (χ0n) is 16.5. The Morgan fingerprint density at radius 2 is 1.66 bits per heavy atom. The van der Waals surface area contributed by atoms with Crippen molar-refractivity contribution in [3.05, 3.63) is 77.5 Å². The number of carbonyl (C=O) groups excluding carboxylic acids is 1. The van der Waals surface area contributed by atoms with E-state index in [0.717, 1.165) is 0 Å². The summed E-state index contributed by atoms with van der Waals surface area (Å²) < 4.78 is 35.6. The maximum atomic E-state index is 14.2. The first-order valence-corrected chi connectivity index (χ1v) is 8.92. The van der Waals surface area contributed by atoms with Crippen LogP contribution in [0.1, 0.15) is 21.7 Å². The second-order valence-electron chi connectivity index (χ2n) is 6.25. The molecule has 0 bridgehead atoms. The van der Waals surface area contributed by atoms with E-state index in [1.807, 2.05) is 0 Å². The van der Waals surface area contributed by atoms with Gasteiger partial charge in [-0.05, 0) is 30.3 Å².